The number of benzene rings is 2. The van der Waals surface area contributed by atoms with Gasteiger partial charge < -0.3 is 5.32 Å². The van der Waals surface area contributed by atoms with Gasteiger partial charge in [0.05, 0.1) is 11.0 Å². The van der Waals surface area contributed by atoms with E-state index in [1.165, 1.54) is 0 Å². The third-order valence-electron chi connectivity index (χ3n) is 4.27. The Morgan fingerprint density at radius 2 is 2.12 bits per heavy atom. The topological polar surface area (TPSA) is 70.9 Å². The lowest BCUT2D eigenvalue weighted by molar-refractivity contribution is 1.01. The summed E-state index contributed by atoms with van der Waals surface area (Å²) in [5.74, 6) is 1.22. The average molecular weight is 381 g/mol. The number of thiazole rings is 1. The van der Waals surface area contributed by atoms with Gasteiger partial charge in [-0.25, -0.2) is 14.5 Å². The van der Waals surface area contributed by atoms with E-state index in [4.69, 9.17) is 11.6 Å². The van der Waals surface area contributed by atoms with E-state index < -0.39 is 0 Å². The number of rotatable bonds is 3. The van der Waals surface area contributed by atoms with Gasteiger partial charge in [-0.1, -0.05) is 17.7 Å². The van der Waals surface area contributed by atoms with Crippen LogP contribution in [0.15, 0.2) is 48.0 Å². The van der Waals surface area contributed by atoms with Crippen LogP contribution in [0.25, 0.3) is 27.4 Å². The molecule has 8 heteroatoms. The van der Waals surface area contributed by atoms with Crippen LogP contribution in [0.3, 0.4) is 0 Å². The zero-order valence-electron chi connectivity index (χ0n) is 13.7. The number of hydrogen-bond acceptors (Lipinski definition) is 5. The second-order valence-corrected chi connectivity index (χ2v) is 7.20. The summed E-state index contributed by atoms with van der Waals surface area (Å²) >= 11 is 7.79. The van der Waals surface area contributed by atoms with Crippen LogP contribution in [0, 0.1) is 6.92 Å². The first-order valence-electron chi connectivity index (χ1n) is 7.99. The Bertz CT molecular complexity index is 1240. The Labute approximate surface area is 157 Å². The van der Waals surface area contributed by atoms with Crippen molar-refractivity contribution in [2.75, 3.05) is 5.32 Å². The molecule has 0 saturated heterocycles. The molecule has 6 nitrogen and oxygen atoms in total. The molecular formula is C18H13ClN6S. The molecule has 26 heavy (non-hydrogen) atoms. The van der Waals surface area contributed by atoms with Crippen molar-refractivity contribution in [2.24, 2.45) is 0 Å². The fourth-order valence-corrected chi connectivity index (χ4v) is 3.72. The maximum Gasteiger partial charge on any atom is 0.253 e. The fraction of sp³-hybridized carbons (Fsp3) is 0.0556. The standard InChI is InChI=1S/C18H13ClN6S/c1-10-12(19)3-2-4-13(10)21-17-23-18-22-14-9-11(16-20-7-8-26-16)5-6-15(14)25(18)24-17/h2-9H,1H3,(H2,21,22,23,24). The van der Waals surface area contributed by atoms with Crippen molar-refractivity contribution in [1.29, 1.82) is 0 Å². The molecule has 0 aliphatic rings. The SMILES string of the molecule is Cc1c(Cl)cccc1Nc1nc2nc3cc(-c4nccs4)ccc3n2[nH]1. The van der Waals surface area contributed by atoms with Gasteiger partial charge in [0.25, 0.3) is 5.78 Å². The first-order chi connectivity index (χ1) is 12.7. The summed E-state index contributed by atoms with van der Waals surface area (Å²) in [6.07, 6.45) is 1.80. The van der Waals surface area contributed by atoms with Crippen LogP contribution < -0.4 is 5.32 Å². The van der Waals surface area contributed by atoms with Crippen molar-refractivity contribution in [3.05, 3.63) is 58.6 Å². The van der Waals surface area contributed by atoms with Gasteiger partial charge in [-0.05, 0) is 42.8 Å². The van der Waals surface area contributed by atoms with Gasteiger partial charge in [-0.2, -0.15) is 4.98 Å². The average Bonchev–Trinajstić information content (AvgIpc) is 3.34. The number of halogens is 1. The smallest absolute Gasteiger partial charge is 0.253 e. The Balaban J connectivity index is 1.55. The van der Waals surface area contributed by atoms with E-state index in [1.807, 2.05) is 53.2 Å². The van der Waals surface area contributed by atoms with E-state index >= 15 is 0 Å². The monoisotopic (exact) mass is 380 g/mol. The van der Waals surface area contributed by atoms with Crippen molar-refractivity contribution >= 4 is 51.4 Å². The van der Waals surface area contributed by atoms with Crippen LogP contribution >= 0.6 is 22.9 Å². The fourth-order valence-electron chi connectivity index (χ4n) is 2.91. The summed E-state index contributed by atoms with van der Waals surface area (Å²) < 4.78 is 1.86. The number of nitrogens with zero attached hydrogens (tertiary/aromatic N) is 4. The zero-order valence-corrected chi connectivity index (χ0v) is 15.3. The third-order valence-corrected chi connectivity index (χ3v) is 5.50. The summed E-state index contributed by atoms with van der Waals surface area (Å²) in [6.45, 7) is 1.97. The highest BCUT2D eigenvalue weighted by Gasteiger charge is 2.12. The Hall–Kier alpha value is -2.90. The maximum absolute atomic E-state index is 6.18. The molecule has 0 saturated carbocycles. The van der Waals surface area contributed by atoms with E-state index in [0.717, 1.165) is 32.9 Å². The summed E-state index contributed by atoms with van der Waals surface area (Å²) in [5, 5.41) is 10.2. The van der Waals surface area contributed by atoms with Gasteiger partial charge in [0.1, 0.15) is 5.01 Å². The van der Waals surface area contributed by atoms with E-state index in [1.54, 1.807) is 17.5 Å². The highest BCUT2D eigenvalue weighted by atomic mass is 35.5. The number of aromatic nitrogens is 5. The van der Waals surface area contributed by atoms with E-state index in [0.29, 0.717) is 16.7 Å². The molecule has 0 bridgehead atoms. The molecule has 2 N–H and O–H groups in total. The third kappa shape index (κ3) is 2.44. The number of imidazole rings is 1. The van der Waals surface area contributed by atoms with Crippen LogP contribution in [0.2, 0.25) is 5.02 Å². The van der Waals surface area contributed by atoms with Crippen LogP contribution in [-0.4, -0.2) is 24.6 Å². The molecule has 0 unspecified atom stereocenters. The van der Waals surface area contributed by atoms with Crippen LogP contribution in [0.4, 0.5) is 11.6 Å². The van der Waals surface area contributed by atoms with Crippen LogP contribution in [0.5, 0.6) is 0 Å². The van der Waals surface area contributed by atoms with E-state index in [9.17, 15) is 0 Å². The first-order valence-corrected chi connectivity index (χ1v) is 9.25. The predicted molar refractivity (Wildman–Crippen MR) is 105 cm³/mol. The van der Waals surface area contributed by atoms with Gasteiger partial charge in [0.2, 0.25) is 5.95 Å². The van der Waals surface area contributed by atoms with Gasteiger partial charge >= 0.3 is 0 Å². The zero-order chi connectivity index (χ0) is 17.7. The minimum atomic E-state index is 0.610. The van der Waals surface area contributed by atoms with Gasteiger partial charge in [-0.15, -0.1) is 11.3 Å². The molecule has 0 aliphatic heterocycles. The van der Waals surface area contributed by atoms with Crippen LogP contribution in [-0.2, 0) is 0 Å². The first kappa shape index (κ1) is 15.4. The minimum Gasteiger partial charge on any atom is -0.324 e. The molecule has 0 aliphatic carbocycles. The molecule has 0 atom stereocenters. The largest absolute Gasteiger partial charge is 0.324 e. The quantitative estimate of drug-likeness (QED) is 0.460. The summed E-state index contributed by atoms with van der Waals surface area (Å²) in [5.41, 5.74) is 4.78. The Morgan fingerprint density at radius 3 is 2.96 bits per heavy atom. The molecule has 0 amide bonds. The van der Waals surface area contributed by atoms with Gasteiger partial charge in [0, 0.05) is 27.9 Å². The lowest BCUT2D eigenvalue weighted by Crippen LogP contribution is -1.96. The maximum atomic E-state index is 6.18. The molecule has 5 aromatic rings. The molecule has 0 fully saturated rings. The molecule has 0 spiro atoms. The lowest BCUT2D eigenvalue weighted by Gasteiger charge is -2.07. The lowest BCUT2D eigenvalue weighted by atomic mass is 10.2. The summed E-state index contributed by atoms with van der Waals surface area (Å²) in [4.78, 5) is 13.5. The highest BCUT2D eigenvalue weighted by molar-refractivity contribution is 7.13. The molecular weight excluding hydrogens is 368 g/mol. The molecule has 128 valence electrons. The van der Waals surface area contributed by atoms with Gasteiger partial charge in [-0.3, -0.25) is 5.10 Å². The van der Waals surface area contributed by atoms with E-state index in [2.05, 4.69) is 25.4 Å². The molecule has 3 aromatic heterocycles. The number of hydrogen-bond donors (Lipinski definition) is 2. The van der Waals surface area contributed by atoms with Gasteiger partial charge in [0.15, 0.2) is 0 Å². The molecule has 2 aromatic carbocycles. The number of anilines is 2. The van der Waals surface area contributed by atoms with Crippen molar-refractivity contribution in [3.8, 4) is 10.6 Å². The van der Waals surface area contributed by atoms with Crippen LogP contribution in [0.1, 0.15) is 5.56 Å². The van der Waals surface area contributed by atoms with Crippen molar-refractivity contribution in [3.63, 3.8) is 0 Å². The number of fused-ring (bicyclic) bond motifs is 3. The minimum absolute atomic E-state index is 0.610. The van der Waals surface area contributed by atoms with Crippen molar-refractivity contribution in [1.82, 2.24) is 24.6 Å². The molecule has 0 radical (unpaired) electrons. The second kappa shape index (κ2) is 5.82. The number of H-pyrrole nitrogens is 1. The second-order valence-electron chi connectivity index (χ2n) is 5.90. The Morgan fingerprint density at radius 1 is 1.19 bits per heavy atom. The number of nitrogens with one attached hydrogen (secondary N) is 2. The predicted octanol–water partition coefficient (Wildman–Crippen LogP) is 5.04. The summed E-state index contributed by atoms with van der Waals surface area (Å²) in [6, 6.07) is 11.8. The highest BCUT2D eigenvalue weighted by Crippen LogP contribution is 2.28. The molecule has 3 heterocycles. The van der Waals surface area contributed by atoms with E-state index in [-0.39, 0.29) is 0 Å². The number of aromatic amines is 1. The van der Waals surface area contributed by atoms with Crippen molar-refractivity contribution in [2.45, 2.75) is 6.92 Å². The Kier molecular flexibility index (Phi) is 3.44. The normalized spacial score (nSPS) is 11.5. The van der Waals surface area contributed by atoms with Crippen molar-refractivity contribution < 1.29 is 0 Å². The summed E-state index contributed by atoms with van der Waals surface area (Å²) in [7, 11) is 0. The molecule has 5 rings (SSSR count).